The third-order valence-corrected chi connectivity index (χ3v) is 3.04. The van der Waals surface area contributed by atoms with Crippen molar-refractivity contribution in [1.82, 2.24) is 14.9 Å². The number of halogens is 1. The highest BCUT2D eigenvalue weighted by Crippen LogP contribution is 2.14. The fraction of sp³-hybridized carbons (Fsp3) is 0.267. The molecule has 1 N–H and O–H groups in total. The summed E-state index contributed by atoms with van der Waals surface area (Å²) in [6.45, 7) is 5.10. The van der Waals surface area contributed by atoms with Gasteiger partial charge in [0, 0.05) is 18.8 Å². The second kappa shape index (κ2) is 6.78. The van der Waals surface area contributed by atoms with Gasteiger partial charge in [-0.2, -0.15) is 0 Å². The van der Waals surface area contributed by atoms with Crippen LogP contribution in [0.3, 0.4) is 0 Å². The number of rotatable bonds is 5. The summed E-state index contributed by atoms with van der Waals surface area (Å²) in [5.74, 6) is 0.0605. The Morgan fingerprint density at radius 2 is 1.81 bits per heavy atom. The summed E-state index contributed by atoms with van der Waals surface area (Å²) in [4.78, 5) is 22.0. The van der Waals surface area contributed by atoms with Crippen molar-refractivity contribution in [2.45, 2.75) is 13.8 Å². The summed E-state index contributed by atoms with van der Waals surface area (Å²) in [5.41, 5.74) is 1.01. The lowest BCUT2D eigenvalue weighted by atomic mass is 10.3. The number of nitrogens with zero attached hydrogens (tertiary/aromatic N) is 3. The molecule has 0 aliphatic heterocycles. The average Bonchev–Trinajstić information content (AvgIpc) is 2.51. The van der Waals surface area contributed by atoms with Gasteiger partial charge in [-0.3, -0.25) is 4.79 Å². The molecule has 6 heteroatoms. The van der Waals surface area contributed by atoms with E-state index in [1.54, 1.807) is 17.0 Å². The van der Waals surface area contributed by atoms with Gasteiger partial charge in [0.15, 0.2) is 0 Å². The number of carbonyl (C=O) groups excluding carboxylic acids is 1. The molecule has 0 saturated carbocycles. The molecule has 0 spiro atoms. The van der Waals surface area contributed by atoms with E-state index >= 15 is 0 Å². The molecular weight excluding hydrogens is 271 g/mol. The van der Waals surface area contributed by atoms with Crippen molar-refractivity contribution >= 4 is 17.4 Å². The molecule has 21 heavy (non-hydrogen) atoms. The minimum Gasteiger partial charge on any atom is -0.339 e. The van der Waals surface area contributed by atoms with Crippen LogP contribution in [0, 0.1) is 5.82 Å². The van der Waals surface area contributed by atoms with E-state index in [2.05, 4.69) is 15.3 Å². The fourth-order valence-electron chi connectivity index (χ4n) is 1.86. The maximum absolute atomic E-state index is 12.8. The molecule has 0 saturated heterocycles. The van der Waals surface area contributed by atoms with Crippen LogP contribution in [0.1, 0.15) is 24.3 Å². The number of hydrogen-bond acceptors (Lipinski definition) is 4. The van der Waals surface area contributed by atoms with Crippen molar-refractivity contribution in [2.75, 3.05) is 18.4 Å². The van der Waals surface area contributed by atoms with E-state index in [-0.39, 0.29) is 11.7 Å². The summed E-state index contributed by atoms with van der Waals surface area (Å²) in [6, 6.07) is 5.92. The number of benzene rings is 1. The van der Waals surface area contributed by atoms with E-state index in [4.69, 9.17) is 0 Å². The Balaban J connectivity index is 2.08. The van der Waals surface area contributed by atoms with Gasteiger partial charge in [0.2, 0.25) is 0 Å². The van der Waals surface area contributed by atoms with Crippen LogP contribution in [0.5, 0.6) is 0 Å². The molecule has 1 aromatic heterocycles. The first-order valence-electron chi connectivity index (χ1n) is 6.78. The van der Waals surface area contributed by atoms with Gasteiger partial charge in [-0.15, -0.1) is 0 Å². The SMILES string of the molecule is CCN(CC)C(=O)c1cnc(Nc2ccc(F)cc2)cn1. The minimum atomic E-state index is -0.299. The predicted octanol–water partition coefficient (Wildman–Crippen LogP) is 2.84. The molecule has 1 heterocycles. The smallest absolute Gasteiger partial charge is 0.274 e. The van der Waals surface area contributed by atoms with Crippen LogP contribution in [0.2, 0.25) is 0 Å². The average molecular weight is 288 g/mol. The van der Waals surface area contributed by atoms with Crippen molar-refractivity contribution < 1.29 is 9.18 Å². The Morgan fingerprint density at radius 1 is 1.14 bits per heavy atom. The second-order valence-corrected chi connectivity index (χ2v) is 4.40. The first kappa shape index (κ1) is 14.9. The molecule has 2 aromatic rings. The van der Waals surface area contributed by atoms with E-state index in [1.165, 1.54) is 24.5 Å². The van der Waals surface area contributed by atoms with Gasteiger partial charge in [0.05, 0.1) is 12.4 Å². The lowest BCUT2D eigenvalue weighted by molar-refractivity contribution is 0.0766. The van der Waals surface area contributed by atoms with E-state index in [0.29, 0.717) is 30.3 Å². The standard InChI is InChI=1S/C15H17FN4O/c1-3-20(4-2)15(21)13-9-18-14(10-17-13)19-12-7-5-11(16)6-8-12/h5-10H,3-4H2,1-2H3,(H,18,19). The zero-order valence-corrected chi connectivity index (χ0v) is 12.0. The van der Waals surface area contributed by atoms with Crippen LogP contribution in [0.15, 0.2) is 36.7 Å². The van der Waals surface area contributed by atoms with Crippen LogP contribution in [-0.2, 0) is 0 Å². The molecule has 1 amide bonds. The van der Waals surface area contributed by atoms with Gasteiger partial charge in [0.1, 0.15) is 17.3 Å². The molecular formula is C15H17FN4O. The highest BCUT2D eigenvalue weighted by Gasteiger charge is 2.14. The van der Waals surface area contributed by atoms with Crippen molar-refractivity contribution in [2.24, 2.45) is 0 Å². The van der Waals surface area contributed by atoms with E-state index in [0.717, 1.165) is 0 Å². The quantitative estimate of drug-likeness (QED) is 0.919. The fourth-order valence-corrected chi connectivity index (χ4v) is 1.86. The van der Waals surface area contributed by atoms with E-state index in [1.807, 2.05) is 13.8 Å². The maximum Gasteiger partial charge on any atom is 0.274 e. The number of carbonyl (C=O) groups is 1. The van der Waals surface area contributed by atoms with E-state index in [9.17, 15) is 9.18 Å². The maximum atomic E-state index is 12.8. The molecule has 0 fully saturated rings. The van der Waals surface area contributed by atoms with Crippen LogP contribution in [0.4, 0.5) is 15.9 Å². The van der Waals surface area contributed by atoms with Crippen molar-refractivity contribution in [3.63, 3.8) is 0 Å². The normalized spacial score (nSPS) is 10.2. The second-order valence-electron chi connectivity index (χ2n) is 4.40. The Bertz CT molecular complexity index is 594. The minimum absolute atomic E-state index is 0.138. The molecule has 0 atom stereocenters. The van der Waals surface area contributed by atoms with Gasteiger partial charge in [-0.25, -0.2) is 14.4 Å². The molecule has 0 aliphatic carbocycles. The molecule has 5 nitrogen and oxygen atoms in total. The molecule has 0 radical (unpaired) electrons. The van der Waals surface area contributed by atoms with Crippen LogP contribution in [-0.4, -0.2) is 33.9 Å². The first-order valence-corrected chi connectivity index (χ1v) is 6.78. The molecule has 1 aromatic carbocycles. The Morgan fingerprint density at radius 3 is 2.33 bits per heavy atom. The summed E-state index contributed by atoms with van der Waals surface area (Å²) >= 11 is 0. The number of anilines is 2. The highest BCUT2D eigenvalue weighted by molar-refractivity contribution is 5.92. The van der Waals surface area contributed by atoms with Gasteiger partial charge >= 0.3 is 0 Å². The van der Waals surface area contributed by atoms with Crippen molar-refractivity contribution in [3.05, 3.63) is 48.2 Å². The predicted molar refractivity (Wildman–Crippen MR) is 79.0 cm³/mol. The van der Waals surface area contributed by atoms with Crippen molar-refractivity contribution in [1.29, 1.82) is 0 Å². The molecule has 0 aliphatic rings. The zero-order valence-electron chi connectivity index (χ0n) is 12.0. The van der Waals surface area contributed by atoms with Gasteiger partial charge < -0.3 is 10.2 Å². The summed E-state index contributed by atoms with van der Waals surface area (Å²) in [7, 11) is 0. The lowest BCUT2D eigenvalue weighted by Gasteiger charge is -2.17. The summed E-state index contributed by atoms with van der Waals surface area (Å²) in [5, 5.41) is 2.99. The summed E-state index contributed by atoms with van der Waals surface area (Å²) < 4.78 is 12.8. The van der Waals surface area contributed by atoms with Crippen LogP contribution >= 0.6 is 0 Å². The molecule has 0 unspecified atom stereocenters. The monoisotopic (exact) mass is 288 g/mol. The lowest BCUT2D eigenvalue weighted by Crippen LogP contribution is -2.31. The largest absolute Gasteiger partial charge is 0.339 e. The Labute approximate surface area is 122 Å². The Hall–Kier alpha value is -2.50. The number of hydrogen-bond donors (Lipinski definition) is 1. The first-order chi connectivity index (χ1) is 10.1. The van der Waals surface area contributed by atoms with Crippen LogP contribution in [0.25, 0.3) is 0 Å². The third kappa shape index (κ3) is 3.75. The van der Waals surface area contributed by atoms with E-state index < -0.39 is 0 Å². The number of nitrogens with one attached hydrogen (secondary N) is 1. The van der Waals surface area contributed by atoms with Gasteiger partial charge in [0.25, 0.3) is 5.91 Å². The molecule has 2 rings (SSSR count). The molecule has 0 bridgehead atoms. The zero-order chi connectivity index (χ0) is 15.2. The third-order valence-electron chi connectivity index (χ3n) is 3.04. The number of amides is 1. The topological polar surface area (TPSA) is 58.1 Å². The van der Waals surface area contributed by atoms with Crippen LogP contribution < -0.4 is 5.32 Å². The summed E-state index contributed by atoms with van der Waals surface area (Å²) in [6.07, 6.45) is 2.92. The van der Waals surface area contributed by atoms with Gasteiger partial charge in [-0.1, -0.05) is 0 Å². The number of aromatic nitrogens is 2. The highest BCUT2D eigenvalue weighted by atomic mass is 19.1. The van der Waals surface area contributed by atoms with Gasteiger partial charge in [-0.05, 0) is 38.1 Å². The van der Waals surface area contributed by atoms with Crippen molar-refractivity contribution in [3.8, 4) is 0 Å². The molecule has 110 valence electrons. The Kier molecular flexibility index (Phi) is 4.81.